The fourth-order valence-electron chi connectivity index (χ4n) is 3.54. The van der Waals surface area contributed by atoms with Crippen molar-refractivity contribution in [1.82, 2.24) is 9.88 Å². The molecule has 1 aliphatic rings. The summed E-state index contributed by atoms with van der Waals surface area (Å²) in [5.74, 6) is -0.255. The molecule has 4 heteroatoms. The van der Waals surface area contributed by atoms with Crippen LogP contribution in [0.3, 0.4) is 0 Å². The number of rotatable bonds is 5. The Balaban J connectivity index is 2.01. The Bertz CT molecular complexity index is 683. The van der Waals surface area contributed by atoms with Gasteiger partial charge in [-0.1, -0.05) is 44.2 Å². The van der Waals surface area contributed by atoms with Crippen molar-refractivity contribution in [2.75, 3.05) is 6.54 Å². The Morgan fingerprint density at radius 2 is 1.88 bits per heavy atom. The summed E-state index contributed by atoms with van der Waals surface area (Å²) in [5, 5.41) is 9.59. The number of aromatic nitrogens is 1. The number of carboxylic acids is 1. The number of aliphatic carboxylic acids is 1. The van der Waals surface area contributed by atoms with Gasteiger partial charge in [0.25, 0.3) is 0 Å². The molecule has 0 amide bonds. The van der Waals surface area contributed by atoms with Crippen molar-refractivity contribution in [2.24, 2.45) is 0 Å². The highest BCUT2D eigenvalue weighted by Gasteiger charge is 2.36. The molecule has 2 atom stereocenters. The average Bonchev–Trinajstić information content (AvgIpc) is 3.06. The molecule has 2 aromatic rings. The van der Waals surface area contributed by atoms with E-state index in [0.29, 0.717) is 12.3 Å². The monoisotopic (exact) mass is 324 g/mol. The first kappa shape index (κ1) is 16.7. The van der Waals surface area contributed by atoms with Crippen molar-refractivity contribution < 1.29 is 9.90 Å². The molecule has 126 valence electrons. The van der Waals surface area contributed by atoms with Gasteiger partial charge in [-0.05, 0) is 41.5 Å². The maximum Gasteiger partial charge on any atom is 0.320 e. The van der Waals surface area contributed by atoms with E-state index >= 15 is 0 Å². The molecule has 0 bridgehead atoms. The topological polar surface area (TPSA) is 53.4 Å². The summed E-state index contributed by atoms with van der Waals surface area (Å²) in [6.07, 6.45) is 5.22. The van der Waals surface area contributed by atoms with Crippen molar-refractivity contribution in [3.63, 3.8) is 0 Å². The minimum absolute atomic E-state index is 0.0662. The zero-order chi connectivity index (χ0) is 17.1. The summed E-state index contributed by atoms with van der Waals surface area (Å²) in [6, 6.07) is 12.0. The van der Waals surface area contributed by atoms with Crippen LogP contribution in [0.25, 0.3) is 0 Å². The van der Waals surface area contributed by atoms with Gasteiger partial charge in [-0.15, -0.1) is 0 Å². The third kappa shape index (κ3) is 3.34. The molecule has 0 saturated carbocycles. The van der Waals surface area contributed by atoms with E-state index in [-0.39, 0.29) is 6.04 Å². The summed E-state index contributed by atoms with van der Waals surface area (Å²) >= 11 is 0. The zero-order valence-electron chi connectivity index (χ0n) is 14.2. The molecule has 1 aromatic heterocycles. The Hall–Kier alpha value is -2.20. The summed E-state index contributed by atoms with van der Waals surface area (Å²) < 4.78 is 0. The molecule has 0 radical (unpaired) electrons. The molecule has 2 unspecified atom stereocenters. The second kappa shape index (κ2) is 7.14. The molecule has 2 heterocycles. The number of carboxylic acid groups (broad SMARTS) is 1. The fraction of sp³-hybridized carbons (Fsp3) is 0.400. The standard InChI is InChI=1S/C20H24N2O2/c1-14(2)15-7-9-16(10-8-15)19(17-5-3-11-21-13-17)22-12-4-6-18(22)20(23)24/h3,5,7-11,13-14,18-19H,4,6,12H2,1-2H3,(H,23,24). The van der Waals surface area contributed by atoms with E-state index in [1.165, 1.54) is 5.56 Å². The number of benzene rings is 1. The molecule has 4 nitrogen and oxygen atoms in total. The molecule has 1 fully saturated rings. The maximum absolute atomic E-state index is 11.7. The maximum atomic E-state index is 11.7. The lowest BCUT2D eigenvalue weighted by molar-refractivity contribution is -0.142. The quantitative estimate of drug-likeness (QED) is 0.908. The van der Waals surface area contributed by atoms with Crippen LogP contribution in [0.4, 0.5) is 0 Å². The van der Waals surface area contributed by atoms with Gasteiger partial charge in [-0.3, -0.25) is 14.7 Å². The van der Waals surface area contributed by atoms with Gasteiger partial charge in [0, 0.05) is 18.9 Å². The summed E-state index contributed by atoms with van der Waals surface area (Å²) in [6.45, 7) is 5.14. The summed E-state index contributed by atoms with van der Waals surface area (Å²) in [4.78, 5) is 18.0. The highest BCUT2D eigenvalue weighted by molar-refractivity contribution is 5.74. The molecule has 1 aromatic carbocycles. The summed E-state index contributed by atoms with van der Waals surface area (Å²) in [7, 11) is 0. The van der Waals surface area contributed by atoms with Gasteiger partial charge >= 0.3 is 5.97 Å². The van der Waals surface area contributed by atoms with Crippen molar-refractivity contribution in [1.29, 1.82) is 0 Å². The van der Waals surface area contributed by atoms with Crippen LogP contribution in [0, 0.1) is 0 Å². The van der Waals surface area contributed by atoms with E-state index in [2.05, 4.69) is 48.0 Å². The SMILES string of the molecule is CC(C)c1ccc(C(c2cccnc2)N2CCCC2C(=O)O)cc1. The first-order valence-electron chi connectivity index (χ1n) is 8.56. The Labute approximate surface area is 143 Å². The first-order valence-corrected chi connectivity index (χ1v) is 8.56. The second-order valence-electron chi connectivity index (χ2n) is 6.74. The Morgan fingerprint density at radius 3 is 2.46 bits per heavy atom. The number of nitrogens with zero attached hydrogens (tertiary/aromatic N) is 2. The minimum Gasteiger partial charge on any atom is -0.480 e. The number of hydrogen-bond donors (Lipinski definition) is 1. The van der Waals surface area contributed by atoms with Gasteiger partial charge in [-0.25, -0.2) is 0 Å². The van der Waals surface area contributed by atoms with E-state index in [9.17, 15) is 9.90 Å². The highest BCUT2D eigenvalue weighted by Crippen LogP contribution is 2.35. The zero-order valence-corrected chi connectivity index (χ0v) is 14.2. The van der Waals surface area contributed by atoms with Gasteiger partial charge < -0.3 is 5.11 Å². The predicted molar refractivity (Wildman–Crippen MR) is 94.0 cm³/mol. The average molecular weight is 324 g/mol. The van der Waals surface area contributed by atoms with Gasteiger partial charge in [0.15, 0.2) is 0 Å². The number of pyridine rings is 1. The minimum atomic E-state index is -0.736. The smallest absolute Gasteiger partial charge is 0.320 e. The molecule has 1 aliphatic heterocycles. The van der Waals surface area contributed by atoms with E-state index in [4.69, 9.17) is 0 Å². The molecule has 0 aliphatic carbocycles. The lowest BCUT2D eigenvalue weighted by atomic mass is 9.94. The van der Waals surface area contributed by atoms with Crippen LogP contribution in [0.2, 0.25) is 0 Å². The number of likely N-dealkylation sites (tertiary alicyclic amines) is 1. The number of carbonyl (C=O) groups is 1. The lowest BCUT2D eigenvalue weighted by Gasteiger charge is -2.32. The van der Waals surface area contributed by atoms with Crippen molar-refractivity contribution >= 4 is 5.97 Å². The molecular weight excluding hydrogens is 300 g/mol. The van der Waals surface area contributed by atoms with E-state index in [0.717, 1.165) is 24.1 Å². The van der Waals surface area contributed by atoms with Crippen LogP contribution in [-0.2, 0) is 4.79 Å². The summed E-state index contributed by atoms with van der Waals surface area (Å²) in [5.41, 5.74) is 3.46. The van der Waals surface area contributed by atoms with Gasteiger partial charge in [0.1, 0.15) is 6.04 Å². The largest absolute Gasteiger partial charge is 0.480 e. The predicted octanol–water partition coefficient (Wildman–Crippen LogP) is 3.84. The lowest BCUT2D eigenvalue weighted by Crippen LogP contribution is -2.39. The molecular formula is C20H24N2O2. The van der Waals surface area contributed by atoms with Crippen LogP contribution in [0.1, 0.15) is 55.3 Å². The Kier molecular flexibility index (Phi) is 4.95. The van der Waals surface area contributed by atoms with Crippen molar-refractivity contribution in [3.05, 3.63) is 65.5 Å². The molecule has 3 rings (SSSR count). The Morgan fingerprint density at radius 1 is 1.17 bits per heavy atom. The molecule has 0 spiro atoms. The van der Waals surface area contributed by atoms with Crippen LogP contribution in [0.5, 0.6) is 0 Å². The van der Waals surface area contributed by atoms with Crippen LogP contribution < -0.4 is 0 Å². The third-order valence-electron chi connectivity index (χ3n) is 4.83. The third-order valence-corrected chi connectivity index (χ3v) is 4.83. The second-order valence-corrected chi connectivity index (χ2v) is 6.74. The molecule has 24 heavy (non-hydrogen) atoms. The normalized spacial score (nSPS) is 19.5. The van der Waals surface area contributed by atoms with Gasteiger partial charge in [0.05, 0.1) is 6.04 Å². The van der Waals surface area contributed by atoms with Crippen LogP contribution in [-0.4, -0.2) is 33.5 Å². The van der Waals surface area contributed by atoms with Gasteiger partial charge in [0.2, 0.25) is 0 Å². The van der Waals surface area contributed by atoms with Gasteiger partial charge in [-0.2, -0.15) is 0 Å². The number of hydrogen-bond acceptors (Lipinski definition) is 3. The van der Waals surface area contributed by atoms with E-state index < -0.39 is 12.0 Å². The van der Waals surface area contributed by atoms with E-state index in [1.54, 1.807) is 6.20 Å². The van der Waals surface area contributed by atoms with Crippen molar-refractivity contribution in [3.8, 4) is 0 Å². The molecule has 1 saturated heterocycles. The van der Waals surface area contributed by atoms with E-state index in [1.807, 2.05) is 18.3 Å². The highest BCUT2D eigenvalue weighted by atomic mass is 16.4. The van der Waals surface area contributed by atoms with Crippen LogP contribution in [0.15, 0.2) is 48.8 Å². The fourth-order valence-corrected chi connectivity index (χ4v) is 3.54. The van der Waals surface area contributed by atoms with Crippen LogP contribution >= 0.6 is 0 Å². The van der Waals surface area contributed by atoms with Crippen molar-refractivity contribution in [2.45, 2.75) is 44.7 Å². The molecule has 1 N–H and O–H groups in total. The first-order chi connectivity index (χ1) is 11.6.